The molecule has 10 heteroatoms. The molecule has 4 heterocycles. The number of fused-ring (bicyclic) bond motifs is 1. The molecule has 2 aliphatic heterocycles. The van der Waals surface area contributed by atoms with Crippen LogP contribution in [-0.4, -0.2) is 66.1 Å². The van der Waals surface area contributed by atoms with Crippen molar-refractivity contribution in [2.24, 2.45) is 0 Å². The normalized spacial score (nSPS) is 18.8. The summed E-state index contributed by atoms with van der Waals surface area (Å²) >= 11 is 3.52. The topological polar surface area (TPSA) is 107 Å². The number of carbonyl (C=O) groups is 2. The molecule has 2 aromatic carbocycles. The average Bonchev–Trinajstić information content (AvgIpc) is 3.51. The number of amides is 2. The zero-order chi connectivity index (χ0) is 27.5. The number of halogens is 1. The van der Waals surface area contributed by atoms with Crippen LogP contribution in [0.4, 0.5) is 0 Å². The number of aromatic amines is 1. The van der Waals surface area contributed by atoms with Crippen LogP contribution in [0.2, 0.25) is 0 Å². The first-order chi connectivity index (χ1) is 19.4. The molecule has 1 atom stereocenters. The van der Waals surface area contributed by atoms with Gasteiger partial charge in [-0.2, -0.15) is 5.10 Å². The van der Waals surface area contributed by atoms with E-state index < -0.39 is 0 Å². The maximum absolute atomic E-state index is 14.1. The summed E-state index contributed by atoms with van der Waals surface area (Å²) in [7, 11) is 0. The summed E-state index contributed by atoms with van der Waals surface area (Å²) in [5.41, 5.74) is 6.52. The van der Waals surface area contributed by atoms with E-state index in [0.717, 1.165) is 34.3 Å². The van der Waals surface area contributed by atoms with Gasteiger partial charge in [-0.3, -0.25) is 9.59 Å². The van der Waals surface area contributed by atoms with E-state index in [2.05, 4.69) is 38.5 Å². The Bertz CT molecular complexity index is 1690. The molecule has 1 aliphatic carbocycles. The van der Waals surface area contributed by atoms with Gasteiger partial charge in [-0.25, -0.2) is 9.67 Å². The standard InChI is InChI=1S/C30H29BrN6O3/c1-2-26(39)35-12-10-21-27-23(37(34-21)22-9-6-18(14-25(22)38)17-4-3-5-17)11-13-36(24(27)15-35)30(40)19-7-8-20(31)29-28(19)32-16-33-29/h2,6-9,14,16-17,24,38H,1,3-5,10-13,15H2,(H,32,33)/t24-/m0/s1. The van der Waals surface area contributed by atoms with Gasteiger partial charge in [0.1, 0.15) is 17.0 Å². The van der Waals surface area contributed by atoms with Gasteiger partial charge < -0.3 is 19.9 Å². The van der Waals surface area contributed by atoms with Gasteiger partial charge in [0, 0.05) is 42.5 Å². The van der Waals surface area contributed by atoms with E-state index in [9.17, 15) is 14.7 Å². The number of aromatic hydroxyl groups is 1. The highest BCUT2D eigenvalue weighted by molar-refractivity contribution is 9.10. The molecule has 0 saturated heterocycles. The summed E-state index contributed by atoms with van der Waals surface area (Å²) in [6, 6.07) is 9.20. The lowest BCUT2D eigenvalue weighted by Crippen LogP contribution is -2.45. The molecule has 0 spiro atoms. The number of phenolic OH excluding ortho intramolecular Hbond substituents is 1. The summed E-state index contributed by atoms with van der Waals surface area (Å²) in [6.07, 6.45) is 7.59. The molecule has 0 unspecified atom stereocenters. The predicted octanol–water partition coefficient (Wildman–Crippen LogP) is 4.79. The van der Waals surface area contributed by atoms with Gasteiger partial charge in [0.05, 0.1) is 34.8 Å². The number of hydrogen-bond donors (Lipinski definition) is 2. The van der Waals surface area contributed by atoms with Gasteiger partial charge in [-0.15, -0.1) is 0 Å². The number of aromatic nitrogens is 4. The summed E-state index contributed by atoms with van der Waals surface area (Å²) in [6.45, 7) is 4.95. The van der Waals surface area contributed by atoms with Crippen molar-refractivity contribution < 1.29 is 14.7 Å². The fourth-order valence-corrected chi connectivity index (χ4v) is 6.85. The third-order valence-electron chi connectivity index (χ3n) is 8.72. The molecule has 9 nitrogen and oxygen atoms in total. The molecule has 3 aliphatic rings. The molecule has 7 rings (SSSR count). The Labute approximate surface area is 239 Å². The monoisotopic (exact) mass is 600 g/mol. The Morgan fingerprint density at radius 2 is 2.00 bits per heavy atom. The summed E-state index contributed by atoms with van der Waals surface area (Å²) in [5.74, 6) is 0.441. The Hall–Kier alpha value is -3.92. The van der Waals surface area contributed by atoms with E-state index in [4.69, 9.17) is 5.10 Å². The molecule has 2 N–H and O–H groups in total. The van der Waals surface area contributed by atoms with Crippen LogP contribution in [0.15, 0.2) is 53.8 Å². The van der Waals surface area contributed by atoms with Gasteiger partial charge in [0.2, 0.25) is 5.91 Å². The maximum atomic E-state index is 14.1. The second kappa shape index (κ2) is 9.62. The molecule has 1 fully saturated rings. The van der Waals surface area contributed by atoms with Crippen LogP contribution in [0.25, 0.3) is 16.7 Å². The first-order valence-corrected chi connectivity index (χ1v) is 14.5. The lowest BCUT2D eigenvalue weighted by molar-refractivity contribution is -0.126. The van der Waals surface area contributed by atoms with Gasteiger partial charge in [0.25, 0.3) is 5.91 Å². The summed E-state index contributed by atoms with van der Waals surface area (Å²) in [5, 5.41) is 16.1. The number of benzene rings is 2. The van der Waals surface area contributed by atoms with Crippen molar-refractivity contribution >= 4 is 38.8 Å². The number of H-pyrrole nitrogens is 1. The summed E-state index contributed by atoms with van der Waals surface area (Å²) in [4.78, 5) is 38.0. The molecule has 2 amide bonds. The lowest BCUT2D eigenvalue weighted by Gasteiger charge is -2.38. The van der Waals surface area contributed by atoms with E-state index in [1.165, 1.54) is 18.1 Å². The smallest absolute Gasteiger partial charge is 0.256 e. The number of hydrogen-bond acceptors (Lipinski definition) is 5. The Morgan fingerprint density at radius 3 is 2.75 bits per heavy atom. The maximum Gasteiger partial charge on any atom is 0.256 e. The Morgan fingerprint density at radius 1 is 1.15 bits per heavy atom. The quantitative estimate of drug-likeness (QED) is 0.327. The SMILES string of the molecule is C=CC(=O)N1CCc2nn(-c3ccc(C4CCC4)cc3O)c3c2[C@H](C1)N(C(=O)c1ccc(Br)c2nc[nH]c12)CC3. The van der Waals surface area contributed by atoms with Gasteiger partial charge in [-0.05, 0) is 70.6 Å². The zero-order valence-corrected chi connectivity index (χ0v) is 23.5. The minimum absolute atomic E-state index is 0.128. The van der Waals surface area contributed by atoms with E-state index in [-0.39, 0.29) is 23.6 Å². The Balaban J connectivity index is 1.31. The predicted molar refractivity (Wildman–Crippen MR) is 154 cm³/mol. The lowest BCUT2D eigenvalue weighted by atomic mass is 9.80. The van der Waals surface area contributed by atoms with Crippen LogP contribution < -0.4 is 0 Å². The van der Waals surface area contributed by atoms with Gasteiger partial charge in [0.15, 0.2) is 0 Å². The van der Waals surface area contributed by atoms with Crippen LogP contribution in [0.5, 0.6) is 5.75 Å². The number of phenols is 1. The fourth-order valence-electron chi connectivity index (χ4n) is 6.41. The minimum atomic E-state index is -0.385. The molecular formula is C30H29BrN6O3. The van der Waals surface area contributed by atoms with Crippen molar-refractivity contribution in [3.8, 4) is 11.4 Å². The van der Waals surface area contributed by atoms with Crippen molar-refractivity contribution in [2.75, 3.05) is 19.6 Å². The highest BCUT2D eigenvalue weighted by Gasteiger charge is 2.40. The average molecular weight is 602 g/mol. The first-order valence-electron chi connectivity index (χ1n) is 13.7. The second-order valence-electron chi connectivity index (χ2n) is 10.8. The van der Waals surface area contributed by atoms with Crippen LogP contribution in [0.3, 0.4) is 0 Å². The van der Waals surface area contributed by atoms with E-state index >= 15 is 0 Å². The van der Waals surface area contributed by atoms with Crippen molar-refractivity contribution in [3.05, 3.63) is 81.9 Å². The second-order valence-corrected chi connectivity index (χ2v) is 11.7. The number of carbonyl (C=O) groups excluding carboxylic acids is 2. The van der Waals surface area contributed by atoms with Gasteiger partial charge >= 0.3 is 0 Å². The van der Waals surface area contributed by atoms with Crippen LogP contribution in [-0.2, 0) is 17.6 Å². The van der Waals surface area contributed by atoms with E-state index in [0.29, 0.717) is 60.7 Å². The van der Waals surface area contributed by atoms with Gasteiger partial charge in [-0.1, -0.05) is 19.1 Å². The minimum Gasteiger partial charge on any atom is -0.506 e. The molecule has 0 bridgehead atoms. The number of rotatable bonds is 4. The van der Waals surface area contributed by atoms with Crippen molar-refractivity contribution in [3.63, 3.8) is 0 Å². The highest BCUT2D eigenvalue weighted by atomic mass is 79.9. The first kappa shape index (κ1) is 25.1. The molecule has 40 heavy (non-hydrogen) atoms. The van der Waals surface area contributed by atoms with E-state index in [1.54, 1.807) is 17.3 Å². The molecular weight excluding hydrogens is 572 g/mol. The fraction of sp³-hybridized carbons (Fsp3) is 0.333. The van der Waals surface area contributed by atoms with Crippen molar-refractivity contribution in [1.82, 2.24) is 29.5 Å². The third kappa shape index (κ3) is 3.88. The van der Waals surface area contributed by atoms with Crippen LogP contribution in [0.1, 0.15) is 64.1 Å². The number of nitrogens with one attached hydrogen (secondary N) is 1. The molecule has 0 radical (unpaired) electrons. The number of imidazole rings is 1. The largest absolute Gasteiger partial charge is 0.506 e. The summed E-state index contributed by atoms with van der Waals surface area (Å²) < 4.78 is 2.67. The Kier molecular flexibility index (Phi) is 6.03. The van der Waals surface area contributed by atoms with Crippen molar-refractivity contribution in [2.45, 2.75) is 44.1 Å². The molecule has 1 saturated carbocycles. The molecule has 204 valence electrons. The molecule has 2 aromatic heterocycles. The van der Waals surface area contributed by atoms with Crippen molar-refractivity contribution in [1.29, 1.82) is 0 Å². The number of nitrogens with zero attached hydrogens (tertiary/aromatic N) is 5. The molecule has 4 aromatic rings. The third-order valence-corrected chi connectivity index (χ3v) is 9.36. The highest BCUT2D eigenvalue weighted by Crippen LogP contribution is 2.41. The van der Waals surface area contributed by atoms with Crippen LogP contribution in [0, 0.1) is 0 Å². The van der Waals surface area contributed by atoms with Crippen LogP contribution >= 0.6 is 15.9 Å². The zero-order valence-electron chi connectivity index (χ0n) is 21.9. The van der Waals surface area contributed by atoms with E-state index in [1.807, 2.05) is 27.8 Å².